The maximum absolute atomic E-state index is 12.1. The third-order valence-electron chi connectivity index (χ3n) is 6.35. The number of hydrogen-bond donors (Lipinski definition) is 3. The van der Waals surface area contributed by atoms with E-state index in [1.165, 1.54) is 77.0 Å². The Morgan fingerprint density at radius 3 is 2.03 bits per heavy atom. The van der Waals surface area contributed by atoms with Crippen LogP contribution in [0.4, 0.5) is 0 Å². The molecule has 0 aliphatic carbocycles. The van der Waals surface area contributed by atoms with E-state index in [9.17, 15) is 19.8 Å². The molecule has 180 valence electrons. The first-order chi connectivity index (χ1) is 15.0. The van der Waals surface area contributed by atoms with Gasteiger partial charge in [0.15, 0.2) is 0 Å². The van der Waals surface area contributed by atoms with Crippen LogP contribution in [0.15, 0.2) is 12.2 Å². The first-order valence-corrected chi connectivity index (χ1v) is 12.6. The van der Waals surface area contributed by atoms with Gasteiger partial charge in [0.2, 0.25) is 5.91 Å². The first kappa shape index (κ1) is 27.6. The van der Waals surface area contributed by atoms with Crippen molar-refractivity contribution in [3.8, 4) is 0 Å². The van der Waals surface area contributed by atoms with Crippen molar-refractivity contribution in [2.75, 3.05) is 13.1 Å². The average Bonchev–Trinajstić information content (AvgIpc) is 3.06. The quantitative estimate of drug-likeness (QED) is 0.152. The van der Waals surface area contributed by atoms with Crippen molar-refractivity contribution in [3.63, 3.8) is 0 Å². The minimum atomic E-state index is -1.43. The Morgan fingerprint density at radius 1 is 1.00 bits per heavy atom. The predicted octanol–water partition coefficient (Wildman–Crippen LogP) is 4.85. The van der Waals surface area contributed by atoms with Crippen molar-refractivity contribution < 1.29 is 19.8 Å². The highest BCUT2D eigenvalue weighted by molar-refractivity contribution is 5.80. The Balaban J connectivity index is 1.98. The topological polar surface area (TPSA) is 104 Å². The summed E-state index contributed by atoms with van der Waals surface area (Å²) in [6.45, 7) is 3.31. The summed E-state index contributed by atoms with van der Waals surface area (Å²) in [4.78, 5) is 25.1. The summed E-state index contributed by atoms with van der Waals surface area (Å²) >= 11 is 0. The van der Waals surface area contributed by atoms with Crippen LogP contribution in [-0.4, -0.2) is 46.3 Å². The molecule has 3 unspecified atom stereocenters. The van der Waals surface area contributed by atoms with Gasteiger partial charge in [-0.3, -0.25) is 9.59 Å². The lowest BCUT2D eigenvalue weighted by Crippen LogP contribution is -2.41. The van der Waals surface area contributed by atoms with Crippen molar-refractivity contribution >= 4 is 11.9 Å². The lowest BCUT2D eigenvalue weighted by Gasteiger charge is -2.22. The molecule has 3 atom stereocenters. The molecule has 0 spiro atoms. The van der Waals surface area contributed by atoms with E-state index < -0.39 is 24.0 Å². The van der Waals surface area contributed by atoms with Crippen LogP contribution in [0.3, 0.4) is 0 Å². The average molecular weight is 439 g/mol. The Labute approximate surface area is 189 Å². The molecule has 1 amide bonds. The van der Waals surface area contributed by atoms with Gasteiger partial charge in [0.1, 0.15) is 12.1 Å². The van der Waals surface area contributed by atoms with Crippen molar-refractivity contribution in [3.05, 3.63) is 12.2 Å². The Hall–Kier alpha value is -1.40. The summed E-state index contributed by atoms with van der Waals surface area (Å²) in [6, 6.07) is 0. The zero-order valence-corrected chi connectivity index (χ0v) is 19.6. The van der Waals surface area contributed by atoms with Crippen molar-refractivity contribution in [2.45, 2.75) is 109 Å². The van der Waals surface area contributed by atoms with Gasteiger partial charge in [-0.15, -0.1) is 0 Å². The second kappa shape index (κ2) is 17.2. The third-order valence-corrected chi connectivity index (χ3v) is 6.35. The van der Waals surface area contributed by atoms with Gasteiger partial charge in [0, 0.05) is 25.4 Å². The highest BCUT2D eigenvalue weighted by atomic mass is 16.4. The third kappa shape index (κ3) is 12.3. The first-order valence-electron chi connectivity index (χ1n) is 12.6. The van der Waals surface area contributed by atoms with Crippen molar-refractivity contribution in [1.29, 1.82) is 0 Å². The zero-order valence-electron chi connectivity index (χ0n) is 19.6. The summed E-state index contributed by atoms with van der Waals surface area (Å²) in [7, 11) is 0. The van der Waals surface area contributed by atoms with Gasteiger partial charge >= 0.3 is 5.97 Å². The van der Waals surface area contributed by atoms with Gasteiger partial charge < -0.3 is 20.8 Å². The minimum absolute atomic E-state index is 0.0235. The fourth-order valence-electron chi connectivity index (χ4n) is 4.44. The fourth-order valence-corrected chi connectivity index (χ4v) is 4.44. The lowest BCUT2D eigenvalue weighted by molar-refractivity contribution is -0.148. The van der Waals surface area contributed by atoms with E-state index in [-0.39, 0.29) is 12.3 Å². The number of rotatable bonds is 19. The number of unbranched alkanes of at least 4 members (excludes halogenated alkanes) is 12. The van der Waals surface area contributed by atoms with Gasteiger partial charge in [-0.25, -0.2) is 0 Å². The van der Waals surface area contributed by atoms with Gasteiger partial charge in [0.25, 0.3) is 0 Å². The van der Waals surface area contributed by atoms with E-state index in [1.54, 1.807) is 4.90 Å². The number of likely N-dealkylation sites (tertiary alicyclic amines) is 1. The molecule has 6 nitrogen and oxygen atoms in total. The number of amides is 1. The van der Waals surface area contributed by atoms with Crippen LogP contribution < -0.4 is 5.73 Å². The predicted molar refractivity (Wildman–Crippen MR) is 125 cm³/mol. The highest BCUT2D eigenvalue weighted by Gasteiger charge is 2.40. The molecule has 0 aromatic heterocycles. The lowest BCUT2D eigenvalue weighted by atomic mass is 9.90. The monoisotopic (exact) mass is 438 g/mol. The van der Waals surface area contributed by atoms with Crippen LogP contribution in [0.2, 0.25) is 0 Å². The molecule has 0 bridgehead atoms. The maximum Gasteiger partial charge on any atom is 0.310 e. The molecule has 1 aliphatic rings. The maximum atomic E-state index is 12.1. The number of nitrogens with zero attached hydrogens (tertiary/aromatic N) is 1. The molecular formula is C25H46N2O4. The normalized spacial score (nSPS) is 18.7. The second-order valence-corrected chi connectivity index (χ2v) is 9.10. The van der Waals surface area contributed by atoms with E-state index in [0.29, 0.717) is 13.1 Å². The van der Waals surface area contributed by atoms with Crippen LogP contribution in [0.1, 0.15) is 103 Å². The van der Waals surface area contributed by atoms with E-state index in [0.717, 1.165) is 12.8 Å². The van der Waals surface area contributed by atoms with Crippen molar-refractivity contribution in [1.82, 2.24) is 4.90 Å². The SMILES string of the molecule is CCCCCCCC/C=C\CCCCCCCCN1CC(C(C(=O)O)C(N)O)CC1=O. The number of carbonyl (C=O) groups is 2. The number of carboxylic acid groups (broad SMARTS) is 1. The molecule has 1 rings (SSSR count). The van der Waals surface area contributed by atoms with E-state index in [2.05, 4.69) is 19.1 Å². The molecule has 6 heteroatoms. The molecule has 1 heterocycles. The van der Waals surface area contributed by atoms with Crippen LogP contribution in [0.25, 0.3) is 0 Å². The summed E-state index contributed by atoms with van der Waals surface area (Å²) in [5, 5.41) is 18.7. The molecule has 4 N–H and O–H groups in total. The Morgan fingerprint density at radius 2 is 1.52 bits per heavy atom. The minimum Gasteiger partial charge on any atom is -0.481 e. The second-order valence-electron chi connectivity index (χ2n) is 9.10. The number of nitrogens with two attached hydrogens (primary N) is 1. The molecule has 0 saturated carbocycles. The van der Waals surface area contributed by atoms with E-state index in [1.807, 2.05) is 0 Å². The largest absolute Gasteiger partial charge is 0.481 e. The van der Waals surface area contributed by atoms with Gasteiger partial charge in [0.05, 0.1) is 0 Å². The number of carbonyl (C=O) groups excluding carboxylic acids is 1. The summed E-state index contributed by atoms with van der Waals surface area (Å²) in [5.41, 5.74) is 5.39. The Kier molecular flexibility index (Phi) is 15.3. The number of allylic oxidation sites excluding steroid dienone is 2. The number of carboxylic acids is 1. The molecule has 31 heavy (non-hydrogen) atoms. The number of aliphatic carboxylic acids is 1. The smallest absolute Gasteiger partial charge is 0.310 e. The molecular weight excluding hydrogens is 392 g/mol. The van der Waals surface area contributed by atoms with Crippen LogP contribution in [0, 0.1) is 11.8 Å². The zero-order chi connectivity index (χ0) is 22.9. The van der Waals surface area contributed by atoms with Crippen molar-refractivity contribution in [2.24, 2.45) is 17.6 Å². The Bertz CT molecular complexity index is 522. The fraction of sp³-hybridized carbons (Fsp3) is 0.840. The van der Waals surface area contributed by atoms with Gasteiger partial charge in [-0.1, -0.05) is 76.9 Å². The van der Waals surface area contributed by atoms with Gasteiger partial charge in [-0.2, -0.15) is 0 Å². The van der Waals surface area contributed by atoms with Crippen LogP contribution >= 0.6 is 0 Å². The molecule has 0 aromatic carbocycles. The molecule has 0 radical (unpaired) electrons. The summed E-state index contributed by atoms with van der Waals surface area (Å²) in [6.07, 6.45) is 20.9. The summed E-state index contributed by atoms with van der Waals surface area (Å²) in [5.74, 6) is -2.63. The summed E-state index contributed by atoms with van der Waals surface area (Å²) < 4.78 is 0. The number of aliphatic hydroxyl groups excluding tert-OH is 1. The van der Waals surface area contributed by atoms with Crippen LogP contribution in [0.5, 0.6) is 0 Å². The number of hydrogen-bond acceptors (Lipinski definition) is 4. The molecule has 1 aliphatic heterocycles. The molecule has 0 aromatic rings. The highest BCUT2D eigenvalue weighted by Crippen LogP contribution is 2.27. The van der Waals surface area contributed by atoms with Crippen LogP contribution in [-0.2, 0) is 9.59 Å². The van der Waals surface area contributed by atoms with E-state index in [4.69, 9.17) is 5.73 Å². The van der Waals surface area contributed by atoms with E-state index >= 15 is 0 Å². The van der Waals surface area contributed by atoms with Gasteiger partial charge in [-0.05, 0) is 32.1 Å². The standard InChI is InChI=1S/C25H46N2O4/c1-2-3-4-5-6-7-8-9-10-11-12-13-14-15-16-17-18-27-20-21(19-22(27)28)23(24(26)29)25(30)31/h9-10,21,23-24,29H,2-8,11-20,26H2,1H3,(H,30,31)/b10-9-. The molecule has 1 fully saturated rings. The molecule has 1 saturated heterocycles. The number of aliphatic hydroxyl groups is 1.